The van der Waals surface area contributed by atoms with Crippen LogP contribution in [0.25, 0.3) is 11.0 Å². The molecule has 1 aromatic heterocycles. The van der Waals surface area contributed by atoms with Crippen LogP contribution in [0.15, 0.2) is 27.5 Å². The van der Waals surface area contributed by atoms with Crippen LogP contribution in [0.2, 0.25) is 0 Å². The number of nitrogens with zero attached hydrogens (tertiary/aromatic N) is 1. The highest BCUT2D eigenvalue weighted by Crippen LogP contribution is 2.30. The van der Waals surface area contributed by atoms with Gasteiger partial charge in [-0.2, -0.15) is 4.31 Å². The van der Waals surface area contributed by atoms with E-state index in [0.717, 1.165) is 19.4 Å². The molecule has 3 rings (SSSR count). The molecule has 1 aliphatic heterocycles. The predicted octanol–water partition coefficient (Wildman–Crippen LogP) is 2.96. The highest BCUT2D eigenvalue weighted by Gasteiger charge is 2.30. The molecule has 7 nitrogen and oxygen atoms in total. The van der Waals surface area contributed by atoms with E-state index in [1.165, 1.54) is 6.07 Å². The van der Waals surface area contributed by atoms with Crippen LogP contribution in [-0.4, -0.2) is 52.0 Å². The van der Waals surface area contributed by atoms with Crippen molar-refractivity contribution >= 4 is 39.4 Å². The maximum Gasteiger partial charge on any atom is 0.374 e. The molecule has 1 aliphatic rings. The lowest BCUT2D eigenvalue weighted by Gasteiger charge is -2.31. The van der Waals surface area contributed by atoms with Crippen LogP contribution in [0, 0.1) is 12.8 Å². The first-order valence-electron chi connectivity index (χ1n) is 9.23. The van der Waals surface area contributed by atoms with E-state index >= 15 is 0 Å². The number of carbonyl (C=O) groups is 1. The van der Waals surface area contributed by atoms with Gasteiger partial charge in [0.2, 0.25) is 15.8 Å². The topological polar surface area (TPSA) is 88.8 Å². The van der Waals surface area contributed by atoms with Crippen LogP contribution < -0.4 is 5.32 Å². The largest absolute Gasteiger partial charge is 0.460 e. The molecule has 0 aliphatic carbocycles. The maximum atomic E-state index is 13.0. The number of sulfonamides is 1. The van der Waals surface area contributed by atoms with E-state index in [1.54, 1.807) is 30.3 Å². The van der Waals surface area contributed by atoms with Crippen LogP contribution >= 0.6 is 12.4 Å². The number of hydrogen-bond acceptors (Lipinski definition) is 6. The molecule has 0 bridgehead atoms. The number of benzene rings is 1. The first-order valence-corrected chi connectivity index (χ1v) is 10.7. The van der Waals surface area contributed by atoms with Gasteiger partial charge in [0, 0.05) is 24.0 Å². The molecular weight excluding hydrogens is 404 g/mol. The molecule has 2 aromatic rings. The average molecular weight is 431 g/mol. The zero-order valence-electron chi connectivity index (χ0n) is 16.4. The van der Waals surface area contributed by atoms with Gasteiger partial charge < -0.3 is 14.5 Å². The number of rotatable bonds is 6. The Balaban J connectivity index is 0.00000280. The second-order valence-electron chi connectivity index (χ2n) is 6.84. The molecule has 2 heterocycles. The lowest BCUT2D eigenvalue weighted by atomic mass is 9.98. The summed E-state index contributed by atoms with van der Waals surface area (Å²) in [6.07, 6.45) is 1.69. The Labute approximate surface area is 171 Å². The van der Waals surface area contributed by atoms with Crippen LogP contribution in [0.5, 0.6) is 0 Å². The molecule has 0 amide bonds. The molecule has 1 fully saturated rings. The number of hydrogen-bond donors (Lipinski definition) is 1. The van der Waals surface area contributed by atoms with Crippen molar-refractivity contribution in [1.29, 1.82) is 0 Å². The lowest BCUT2D eigenvalue weighted by molar-refractivity contribution is 0.0491. The van der Waals surface area contributed by atoms with Crippen molar-refractivity contribution in [3.63, 3.8) is 0 Å². The summed E-state index contributed by atoms with van der Waals surface area (Å²) in [5, 5.41) is 3.77. The smallest absolute Gasteiger partial charge is 0.374 e. The molecule has 1 aromatic carbocycles. The van der Waals surface area contributed by atoms with Gasteiger partial charge in [0.25, 0.3) is 0 Å². The van der Waals surface area contributed by atoms with Gasteiger partial charge in [-0.05, 0) is 64.4 Å². The predicted molar refractivity (Wildman–Crippen MR) is 110 cm³/mol. The van der Waals surface area contributed by atoms with Crippen molar-refractivity contribution in [3.8, 4) is 0 Å². The Hall–Kier alpha value is -1.61. The SMILES string of the molecule is CCOC(=O)c1oc2ccc(S(=O)(=O)N3CCC(CNC)CC3)cc2c1C.Cl. The normalized spacial score (nSPS) is 16.1. The van der Waals surface area contributed by atoms with Crippen molar-refractivity contribution in [2.24, 2.45) is 5.92 Å². The minimum atomic E-state index is -3.57. The van der Waals surface area contributed by atoms with Crippen molar-refractivity contribution in [2.45, 2.75) is 31.6 Å². The molecule has 0 spiro atoms. The second-order valence-corrected chi connectivity index (χ2v) is 8.78. The monoisotopic (exact) mass is 430 g/mol. The van der Waals surface area contributed by atoms with Crippen molar-refractivity contribution in [1.82, 2.24) is 9.62 Å². The number of fused-ring (bicyclic) bond motifs is 1. The molecule has 28 heavy (non-hydrogen) atoms. The van der Waals surface area contributed by atoms with E-state index in [1.807, 2.05) is 7.05 Å². The van der Waals surface area contributed by atoms with E-state index in [-0.39, 0.29) is 29.7 Å². The summed E-state index contributed by atoms with van der Waals surface area (Å²) >= 11 is 0. The average Bonchev–Trinajstić information content (AvgIpc) is 2.99. The number of piperidine rings is 1. The third-order valence-electron chi connectivity index (χ3n) is 5.07. The molecule has 1 N–H and O–H groups in total. The number of furan rings is 1. The van der Waals surface area contributed by atoms with E-state index in [0.29, 0.717) is 35.5 Å². The quantitative estimate of drug-likeness (QED) is 0.709. The summed E-state index contributed by atoms with van der Waals surface area (Å²) in [6, 6.07) is 4.73. The third-order valence-corrected chi connectivity index (χ3v) is 6.97. The zero-order chi connectivity index (χ0) is 19.6. The number of esters is 1. The summed E-state index contributed by atoms with van der Waals surface area (Å²) < 4.78 is 38.2. The molecular formula is C19H27ClN2O5S. The summed E-state index contributed by atoms with van der Waals surface area (Å²) in [6.45, 7) is 5.65. The van der Waals surface area contributed by atoms with Crippen molar-refractivity contribution < 1.29 is 22.4 Å². The fourth-order valence-electron chi connectivity index (χ4n) is 3.54. The van der Waals surface area contributed by atoms with Crippen LogP contribution in [0.4, 0.5) is 0 Å². The molecule has 0 atom stereocenters. The summed E-state index contributed by atoms with van der Waals surface area (Å²) in [7, 11) is -1.66. The minimum Gasteiger partial charge on any atom is -0.460 e. The van der Waals surface area contributed by atoms with E-state index in [4.69, 9.17) is 9.15 Å². The molecule has 156 valence electrons. The standard InChI is InChI=1S/C19H26N2O5S.ClH/c1-4-25-19(22)18-13(2)16-11-15(5-6-17(16)26-18)27(23,24)21-9-7-14(8-10-21)12-20-3;/h5-6,11,14,20H,4,7-10,12H2,1-3H3;1H. The van der Waals surface area contributed by atoms with Gasteiger partial charge in [-0.3, -0.25) is 0 Å². The van der Waals surface area contributed by atoms with E-state index in [9.17, 15) is 13.2 Å². The van der Waals surface area contributed by atoms with Gasteiger partial charge in [-0.25, -0.2) is 13.2 Å². The minimum absolute atomic E-state index is 0. The van der Waals surface area contributed by atoms with Gasteiger partial charge in [0.05, 0.1) is 11.5 Å². The number of nitrogens with one attached hydrogen (secondary N) is 1. The zero-order valence-corrected chi connectivity index (χ0v) is 18.0. The second kappa shape index (κ2) is 9.26. The van der Waals surface area contributed by atoms with Gasteiger partial charge >= 0.3 is 5.97 Å². The number of carbonyl (C=O) groups excluding carboxylic acids is 1. The third kappa shape index (κ3) is 4.35. The Morgan fingerprint density at radius 1 is 1.32 bits per heavy atom. The van der Waals surface area contributed by atoms with Crippen molar-refractivity contribution in [2.75, 3.05) is 33.3 Å². The highest BCUT2D eigenvalue weighted by molar-refractivity contribution is 7.89. The van der Waals surface area contributed by atoms with E-state index < -0.39 is 16.0 Å². The molecule has 9 heteroatoms. The van der Waals surface area contributed by atoms with Gasteiger partial charge in [0.1, 0.15) is 5.58 Å². The summed E-state index contributed by atoms with van der Waals surface area (Å²) in [4.78, 5) is 12.2. The lowest BCUT2D eigenvalue weighted by Crippen LogP contribution is -2.40. The van der Waals surface area contributed by atoms with Crippen LogP contribution in [0.1, 0.15) is 35.9 Å². The van der Waals surface area contributed by atoms with Crippen molar-refractivity contribution in [3.05, 3.63) is 29.5 Å². The van der Waals surface area contributed by atoms with Crippen LogP contribution in [0.3, 0.4) is 0 Å². The number of halogens is 1. The Morgan fingerprint density at radius 2 is 2.00 bits per heavy atom. The molecule has 1 saturated heterocycles. The van der Waals surface area contributed by atoms with Gasteiger partial charge in [-0.1, -0.05) is 0 Å². The molecule has 0 radical (unpaired) electrons. The molecule has 0 unspecified atom stereocenters. The van der Waals surface area contributed by atoms with Gasteiger partial charge in [-0.15, -0.1) is 12.4 Å². The number of aryl methyl sites for hydroxylation is 1. The first-order chi connectivity index (χ1) is 12.9. The maximum absolute atomic E-state index is 13.0. The summed E-state index contributed by atoms with van der Waals surface area (Å²) in [5.74, 6) is 0.0867. The Bertz CT molecular complexity index is 933. The fraction of sp³-hybridized carbons (Fsp3) is 0.526. The Kier molecular flexibility index (Phi) is 7.50. The highest BCUT2D eigenvalue weighted by atomic mass is 35.5. The van der Waals surface area contributed by atoms with Crippen LogP contribution in [-0.2, 0) is 14.8 Å². The first kappa shape index (κ1) is 22.7. The van der Waals surface area contributed by atoms with Gasteiger partial charge in [0.15, 0.2) is 0 Å². The fourth-order valence-corrected chi connectivity index (χ4v) is 5.04. The summed E-state index contributed by atoms with van der Waals surface area (Å²) in [5.41, 5.74) is 1.07. The van der Waals surface area contributed by atoms with E-state index in [2.05, 4.69) is 5.32 Å². The molecule has 0 saturated carbocycles. The number of ether oxygens (including phenoxy) is 1. The Morgan fingerprint density at radius 3 is 2.61 bits per heavy atom.